The van der Waals surface area contributed by atoms with Gasteiger partial charge in [0.15, 0.2) is 0 Å². The summed E-state index contributed by atoms with van der Waals surface area (Å²) in [6, 6.07) is 6.47. The third kappa shape index (κ3) is 4.44. The van der Waals surface area contributed by atoms with Crippen LogP contribution in [0, 0.1) is 11.8 Å². The molecule has 0 amide bonds. The van der Waals surface area contributed by atoms with E-state index in [9.17, 15) is 8.42 Å². The first-order chi connectivity index (χ1) is 10.1. The number of ether oxygens (including phenoxy) is 1. The number of benzene rings is 1. The zero-order chi connectivity index (χ0) is 15.3. The lowest BCUT2D eigenvalue weighted by atomic mass is 9.80. The molecule has 2 atom stereocenters. The van der Waals surface area contributed by atoms with Crippen LogP contribution in [0.5, 0.6) is 5.75 Å². The Morgan fingerprint density at radius 1 is 1.19 bits per heavy atom. The Kier molecular flexibility index (Phi) is 6.08. The number of hydrogen-bond acceptors (Lipinski definition) is 3. The summed E-state index contributed by atoms with van der Waals surface area (Å²) in [4.78, 5) is 0.287. The highest BCUT2D eigenvalue weighted by molar-refractivity contribution is 9.09. The fraction of sp³-hybridized carbons (Fsp3) is 0.600. The predicted molar refractivity (Wildman–Crippen MR) is 87.4 cm³/mol. The number of hydrogen-bond donors (Lipinski definition) is 1. The van der Waals surface area contributed by atoms with Gasteiger partial charge in [0.25, 0.3) is 0 Å². The molecule has 118 valence electrons. The SMILES string of the molecule is COc1ccc(S(=O)(=O)NCC2CCCCC2CBr)cc1. The van der Waals surface area contributed by atoms with E-state index in [0.717, 1.165) is 11.8 Å². The zero-order valence-corrected chi connectivity index (χ0v) is 14.6. The van der Waals surface area contributed by atoms with E-state index >= 15 is 0 Å². The number of sulfonamides is 1. The van der Waals surface area contributed by atoms with Gasteiger partial charge in [-0.15, -0.1) is 0 Å². The Morgan fingerprint density at radius 2 is 1.81 bits per heavy atom. The van der Waals surface area contributed by atoms with Crippen molar-refractivity contribution in [3.8, 4) is 5.75 Å². The van der Waals surface area contributed by atoms with Crippen molar-refractivity contribution >= 4 is 26.0 Å². The summed E-state index contributed by atoms with van der Waals surface area (Å²) in [5.41, 5.74) is 0. The summed E-state index contributed by atoms with van der Waals surface area (Å²) in [6.07, 6.45) is 4.72. The second kappa shape index (κ2) is 7.61. The van der Waals surface area contributed by atoms with Gasteiger partial charge in [0.2, 0.25) is 10.0 Å². The van der Waals surface area contributed by atoms with Gasteiger partial charge in [0.1, 0.15) is 5.75 Å². The average molecular weight is 376 g/mol. The number of alkyl halides is 1. The Bertz CT molecular complexity index is 545. The second-order valence-corrected chi connectivity index (χ2v) is 7.90. The van der Waals surface area contributed by atoms with E-state index in [2.05, 4.69) is 20.7 Å². The number of methoxy groups -OCH3 is 1. The molecule has 0 saturated heterocycles. The minimum atomic E-state index is -3.44. The van der Waals surface area contributed by atoms with Gasteiger partial charge in [0, 0.05) is 11.9 Å². The molecule has 1 N–H and O–H groups in total. The Hall–Kier alpha value is -0.590. The molecule has 4 nitrogen and oxygen atoms in total. The van der Waals surface area contributed by atoms with Crippen molar-refractivity contribution < 1.29 is 13.2 Å². The van der Waals surface area contributed by atoms with E-state index in [1.807, 2.05) is 0 Å². The van der Waals surface area contributed by atoms with Crippen molar-refractivity contribution in [2.24, 2.45) is 11.8 Å². The highest BCUT2D eigenvalue weighted by Gasteiger charge is 2.26. The fourth-order valence-corrected chi connectivity index (χ4v) is 4.76. The summed E-state index contributed by atoms with van der Waals surface area (Å²) < 4.78 is 32.4. The van der Waals surface area contributed by atoms with Gasteiger partial charge in [-0.1, -0.05) is 28.8 Å². The largest absolute Gasteiger partial charge is 0.497 e. The van der Waals surface area contributed by atoms with E-state index in [0.29, 0.717) is 24.1 Å². The first-order valence-corrected chi connectivity index (χ1v) is 9.87. The van der Waals surface area contributed by atoms with Crippen LogP contribution in [0.25, 0.3) is 0 Å². The van der Waals surface area contributed by atoms with Crippen LogP contribution in [-0.2, 0) is 10.0 Å². The third-order valence-corrected chi connectivity index (χ3v) is 6.44. The van der Waals surface area contributed by atoms with Gasteiger partial charge >= 0.3 is 0 Å². The lowest BCUT2D eigenvalue weighted by molar-refractivity contribution is 0.263. The monoisotopic (exact) mass is 375 g/mol. The van der Waals surface area contributed by atoms with Crippen LogP contribution in [0.4, 0.5) is 0 Å². The molecule has 1 aromatic rings. The second-order valence-electron chi connectivity index (χ2n) is 5.49. The van der Waals surface area contributed by atoms with Crippen LogP contribution >= 0.6 is 15.9 Å². The van der Waals surface area contributed by atoms with Gasteiger partial charge in [-0.2, -0.15) is 0 Å². The van der Waals surface area contributed by atoms with Crippen molar-refractivity contribution in [3.63, 3.8) is 0 Å². The topological polar surface area (TPSA) is 55.4 Å². The minimum Gasteiger partial charge on any atom is -0.497 e. The zero-order valence-electron chi connectivity index (χ0n) is 12.2. The van der Waals surface area contributed by atoms with Gasteiger partial charge in [-0.05, 0) is 48.9 Å². The smallest absolute Gasteiger partial charge is 0.240 e. The van der Waals surface area contributed by atoms with E-state index in [-0.39, 0.29) is 4.90 Å². The maximum Gasteiger partial charge on any atom is 0.240 e. The molecule has 1 saturated carbocycles. The van der Waals surface area contributed by atoms with Crippen LogP contribution in [0.15, 0.2) is 29.2 Å². The summed E-state index contributed by atoms with van der Waals surface area (Å²) in [5, 5.41) is 0.946. The van der Waals surface area contributed by atoms with Crippen LogP contribution in [-0.4, -0.2) is 27.4 Å². The molecule has 21 heavy (non-hydrogen) atoms. The molecule has 1 fully saturated rings. The highest BCUT2D eigenvalue weighted by Crippen LogP contribution is 2.31. The minimum absolute atomic E-state index is 0.287. The summed E-state index contributed by atoms with van der Waals surface area (Å²) >= 11 is 3.54. The number of rotatable bonds is 6. The van der Waals surface area contributed by atoms with Crippen molar-refractivity contribution in [1.29, 1.82) is 0 Å². The third-order valence-electron chi connectivity index (χ3n) is 4.17. The van der Waals surface area contributed by atoms with Crippen LogP contribution in [0.2, 0.25) is 0 Å². The Balaban J connectivity index is 1.99. The summed E-state index contributed by atoms with van der Waals surface area (Å²) in [7, 11) is -1.88. The average Bonchev–Trinajstić information content (AvgIpc) is 2.53. The highest BCUT2D eigenvalue weighted by atomic mass is 79.9. The molecule has 1 aromatic carbocycles. The van der Waals surface area contributed by atoms with Crippen LogP contribution in [0.3, 0.4) is 0 Å². The first-order valence-electron chi connectivity index (χ1n) is 7.26. The molecule has 2 rings (SSSR count). The van der Waals surface area contributed by atoms with Crippen molar-refractivity contribution in [3.05, 3.63) is 24.3 Å². The van der Waals surface area contributed by atoms with Crippen molar-refractivity contribution in [2.75, 3.05) is 19.0 Å². The standard InChI is InChI=1S/C15H22BrNO3S/c1-20-14-6-8-15(9-7-14)21(18,19)17-11-13-5-3-2-4-12(13)10-16/h6-9,12-13,17H,2-5,10-11H2,1H3. The molecule has 0 aliphatic heterocycles. The number of halogens is 1. The van der Waals surface area contributed by atoms with E-state index in [1.54, 1.807) is 31.4 Å². The molecule has 1 aliphatic carbocycles. The summed E-state index contributed by atoms with van der Waals surface area (Å²) in [6.45, 7) is 0.518. The molecule has 1 aliphatic rings. The van der Waals surface area contributed by atoms with Crippen LogP contribution in [0.1, 0.15) is 25.7 Å². The van der Waals surface area contributed by atoms with E-state index in [4.69, 9.17) is 4.74 Å². The molecule has 0 spiro atoms. The quantitative estimate of drug-likeness (QED) is 0.776. The predicted octanol–water partition coefficient (Wildman–Crippen LogP) is 3.17. The molecule has 0 heterocycles. The van der Waals surface area contributed by atoms with Crippen LogP contribution < -0.4 is 9.46 Å². The van der Waals surface area contributed by atoms with Crippen molar-refractivity contribution in [1.82, 2.24) is 4.72 Å². The molecule has 0 radical (unpaired) electrons. The molecule has 6 heteroatoms. The maximum atomic E-state index is 12.3. The lowest BCUT2D eigenvalue weighted by Crippen LogP contribution is -2.34. The molecule has 0 bridgehead atoms. The maximum absolute atomic E-state index is 12.3. The lowest BCUT2D eigenvalue weighted by Gasteiger charge is -2.30. The molecule has 0 aromatic heterocycles. The van der Waals surface area contributed by atoms with E-state index in [1.165, 1.54) is 19.3 Å². The summed E-state index contributed by atoms with van der Waals surface area (Å²) in [5.74, 6) is 1.64. The molecule has 2 unspecified atom stereocenters. The van der Waals surface area contributed by atoms with Gasteiger partial charge in [-0.3, -0.25) is 0 Å². The fourth-order valence-electron chi connectivity index (χ4n) is 2.81. The Morgan fingerprint density at radius 3 is 2.38 bits per heavy atom. The van der Waals surface area contributed by atoms with E-state index < -0.39 is 10.0 Å². The number of nitrogens with one attached hydrogen (secondary N) is 1. The normalized spacial score (nSPS) is 23.0. The Labute approximate surface area is 135 Å². The first kappa shape index (κ1) is 16.8. The van der Waals surface area contributed by atoms with Gasteiger partial charge < -0.3 is 4.74 Å². The molecular weight excluding hydrogens is 354 g/mol. The molecular formula is C15H22BrNO3S. The van der Waals surface area contributed by atoms with Gasteiger partial charge in [0.05, 0.1) is 12.0 Å². The van der Waals surface area contributed by atoms with Gasteiger partial charge in [-0.25, -0.2) is 13.1 Å². The van der Waals surface area contributed by atoms with Crippen molar-refractivity contribution in [2.45, 2.75) is 30.6 Å².